The molecule has 0 unspecified atom stereocenters. The monoisotopic (exact) mass is 467 g/mol. The van der Waals surface area contributed by atoms with E-state index in [4.69, 9.17) is 0 Å². The van der Waals surface area contributed by atoms with Crippen molar-refractivity contribution in [2.45, 2.75) is 30.6 Å². The fourth-order valence-corrected chi connectivity index (χ4v) is 5.64. The first-order chi connectivity index (χ1) is 15.3. The summed E-state index contributed by atoms with van der Waals surface area (Å²) in [4.78, 5) is 14.2. The second-order valence-electron chi connectivity index (χ2n) is 8.09. The summed E-state index contributed by atoms with van der Waals surface area (Å²) in [5.41, 5.74) is 1.86. The van der Waals surface area contributed by atoms with Gasteiger partial charge in [0.15, 0.2) is 17.5 Å². The number of rotatable bonds is 5. The SMILES string of the molecule is O=C(CN1CCN(S(=O)(=O)c2ccc3c(c2)CCCC3)CC1)Nc1ccc(F)c(F)c1F. The van der Waals surface area contributed by atoms with Crippen LogP contribution in [-0.4, -0.2) is 56.3 Å². The van der Waals surface area contributed by atoms with Gasteiger partial charge in [-0.25, -0.2) is 21.6 Å². The summed E-state index contributed by atoms with van der Waals surface area (Å²) >= 11 is 0. The average molecular weight is 468 g/mol. The molecule has 1 saturated heterocycles. The van der Waals surface area contributed by atoms with Gasteiger partial charge in [-0.15, -0.1) is 0 Å². The number of benzene rings is 2. The van der Waals surface area contributed by atoms with Crippen LogP contribution in [0.5, 0.6) is 0 Å². The van der Waals surface area contributed by atoms with Gasteiger partial charge in [0.1, 0.15) is 0 Å². The number of piperazine rings is 1. The van der Waals surface area contributed by atoms with Crippen molar-refractivity contribution >= 4 is 21.6 Å². The number of hydrogen-bond donors (Lipinski definition) is 1. The van der Waals surface area contributed by atoms with Crippen molar-refractivity contribution in [1.82, 2.24) is 9.21 Å². The van der Waals surface area contributed by atoms with Gasteiger partial charge in [0.05, 0.1) is 17.1 Å². The Morgan fingerprint density at radius 3 is 2.31 bits per heavy atom. The molecule has 0 bridgehead atoms. The third kappa shape index (κ3) is 4.67. The van der Waals surface area contributed by atoms with Gasteiger partial charge in [-0.2, -0.15) is 4.31 Å². The number of hydrogen-bond acceptors (Lipinski definition) is 4. The highest BCUT2D eigenvalue weighted by Crippen LogP contribution is 2.26. The highest BCUT2D eigenvalue weighted by atomic mass is 32.2. The van der Waals surface area contributed by atoms with Crippen molar-refractivity contribution in [3.8, 4) is 0 Å². The van der Waals surface area contributed by atoms with E-state index < -0.39 is 39.1 Å². The lowest BCUT2D eigenvalue weighted by Crippen LogP contribution is -2.50. The topological polar surface area (TPSA) is 69.7 Å². The average Bonchev–Trinajstić information content (AvgIpc) is 2.79. The fraction of sp³-hybridized carbons (Fsp3) is 0.409. The quantitative estimate of drug-likeness (QED) is 0.687. The fourth-order valence-electron chi connectivity index (χ4n) is 4.16. The van der Waals surface area contributed by atoms with Crippen LogP contribution in [0, 0.1) is 17.5 Å². The second-order valence-corrected chi connectivity index (χ2v) is 10.0. The zero-order chi connectivity index (χ0) is 22.9. The molecule has 0 spiro atoms. The summed E-state index contributed by atoms with van der Waals surface area (Å²) in [6, 6.07) is 7.03. The minimum Gasteiger partial charge on any atom is -0.322 e. The van der Waals surface area contributed by atoms with Gasteiger partial charge in [0.2, 0.25) is 15.9 Å². The molecule has 172 valence electrons. The van der Waals surface area contributed by atoms with Gasteiger partial charge >= 0.3 is 0 Å². The van der Waals surface area contributed by atoms with E-state index in [1.165, 1.54) is 9.87 Å². The number of aryl methyl sites for hydroxylation is 2. The summed E-state index contributed by atoms with van der Waals surface area (Å²) in [5, 5.41) is 2.23. The van der Waals surface area contributed by atoms with E-state index in [0.717, 1.165) is 43.4 Å². The number of carbonyl (C=O) groups excluding carboxylic acids is 1. The van der Waals surface area contributed by atoms with Gasteiger partial charge in [0.25, 0.3) is 0 Å². The van der Waals surface area contributed by atoms with Crippen LogP contribution >= 0.6 is 0 Å². The molecular weight excluding hydrogens is 443 g/mol. The van der Waals surface area contributed by atoms with Gasteiger partial charge in [-0.1, -0.05) is 6.07 Å². The molecular formula is C22H24F3N3O3S. The molecule has 2 aromatic rings. The van der Waals surface area contributed by atoms with Crippen LogP contribution < -0.4 is 5.32 Å². The molecule has 1 amide bonds. The van der Waals surface area contributed by atoms with Crippen LogP contribution in [0.1, 0.15) is 24.0 Å². The molecule has 1 fully saturated rings. The lowest BCUT2D eigenvalue weighted by atomic mass is 9.92. The summed E-state index contributed by atoms with van der Waals surface area (Å²) in [5.74, 6) is -5.04. The molecule has 4 rings (SSSR count). The van der Waals surface area contributed by atoms with Crippen molar-refractivity contribution in [2.24, 2.45) is 0 Å². The lowest BCUT2D eigenvalue weighted by Gasteiger charge is -2.33. The minimum atomic E-state index is -3.63. The van der Waals surface area contributed by atoms with Crippen molar-refractivity contribution in [3.63, 3.8) is 0 Å². The Kier molecular flexibility index (Phi) is 6.55. The predicted octanol–water partition coefficient (Wildman–Crippen LogP) is 2.93. The highest BCUT2D eigenvalue weighted by Gasteiger charge is 2.30. The molecule has 0 saturated carbocycles. The smallest absolute Gasteiger partial charge is 0.243 e. The number of anilines is 1. The molecule has 32 heavy (non-hydrogen) atoms. The number of nitrogens with zero attached hydrogens (tertiary/aromatic N) is 2. The normalized spacial score (nSPS) is 17.7. The zero-order valence-corrected chi connectivity index (χ0v) is 18.2. The van der Waals surface area contributed by atoms with Crippen molar-refractivity contribution in [1.29, 1.82) is 0 Å². The number of nitrogens with one attached hydrogen (secondary N) is 1. The van der Waals surface area contributed by atoms with E-state index >= 15 is 0 Å². The molecule has 10 heteroatoms. The lowest BCUT2D eigenvalue weighted by molar-refractivity contribution is -0.117. The third-order valence-electron chi connectivity index (χ3n) is 5.97. The molecule has 2 aliphatic rings. The molecule has 1 aliphatic heterocycles. The highest BCUT2D eigenvalue weighted by molar-refractivity contribution is 7.89. The largest absolute Gasteiger partial charge is 0.322 e. The molecule has 1 heterocycles. The van der Waals surface area contributed by atoms with Gasteiger partial charge < -0.3 is 5.32 Å². The van der Waals surface area contributed by atoms with Crippen LogP contribution in [-0.2, 0) is 27.7 Å². The van der Waals surface area contributed by atoms with Gasteiger partial charge in [-0.05, 0) is 61.1 Å². The Labute approximate surface area is 185 Å². The molecule has 1 N–H and O–H groups in total. The Morgan fingerprint density at radius 2 is 1.59 bits per heavy atom. The van der Waals surface area contributed by atoms with Crippen LogP contribution in [0.25, 0.3) is 0 Å². The van der Waals surface area contributed by atoms with E-state index in [0.29, 0.717) is 13.1 Å². The van der Waals surface area contributed by atoms with Gasteiger partial charge in [-0.3, -0.25) is 9.69 Å². The number of halogens is 3. The molecule has 0 aromatic heterocycles. The first-order valence-electron chi connectivity index (χ1n) is 10.5. The molecule has 2 aromatic carbocycles. The van der Waals surface area contributed by atoms with Crippen molar-refractivity contribution in [3.05, 3.63) is 58.9 Å². The Hall–Kier alpha value is -2.43. The molecule has 0 radical (unpaired) electrons. The zero-order valence-electron chi connectivity index (χ0n) is 17.4. The van der Waals surface area contributed by atoms with Gasteiger partial charge in [0, 0.05) is 26.2 Å². The molecule has 6 nitrogen and oxygen atoms in total. The predicted molar refractivity (Wildman–Crippen MR) is 113 cm³/mol. The molecule has 1 aliphatic carbocycles. The first-order valence-corrected chi connectivity index (χ1v) is 12.0. The summed E-state index contributed by atoms with van der Waals surface area (Å²) < 4.78 is 67.6. The number of carbonyl (C=O) groups is 1. The second kappa shape index (κ2) is 9.21. The Bertz CT molecular complexity index is 1130. The van der Waals surface area contributed by atoms with Crippen LogP contribution in [0.2, 0.25) is 0 Å². The summed E-state index contributed by atoms with van der Waals surface area (Å²) in [6.07, 6.45) is 4.05. The number of sulfonamides is 1. The Balaban J connectivity index is 1.35. The first kappa shape index (κ1) is 22.8. The maximum atomic E-state index is 13.7. The van der Waals surface area contributed by atoms with E-state index in [2.05, 4.69) is 5.32 Å². The van der Waals surface area contributed by atoms with E-state index in [1.54, 1.807) is 17.0 Å². The number of amides is 1. The maximum absolute atomic E-state index is 13.7. The van der Waals surface area contributed by atoms with E-state index in [9.17, 15) is 26.4 Å². The minimum absolute atomic E-state index is 0.120. The van der Waals surface area contributed by atoms with E-state index in [-0.39, 0.29) is 24.5 Å². The van der Waals surface area contributed by atoms with Crippen LogP contribution in [0.15, 0.2) is 35.2 Å². The van der Waals surface area contributed by atoms with Crippen LogP contribution in [0.4, 0.5) is 18.9 Å². The summed E-state index contributed by atoms with van der Waals surface area (Å²) in [7, 11) is -3.63. The molecule has 0 atom stereocenters. The summed E-state index contributed by atoms with van der Waals surface area (Å²) in [6.45, 7) is 0.944. The van der Waals surface area contributed by atoms with Crippen molar-refractivity contribution in [2.75, 3.05) is 38.0 Å². The van der Waals surface area contributed by atoms with Crippen LogP contribution in [0.3, 0.4) is 0 Å². The maximum Gasteiger partial charge on any atom is 0.243 e. The van der Waals surface area contributed by atoms with Crippen molar-refractivity contribution < 1.29 is 26.4 Å². The third-order valence-corrected chi connectivity index (χ3v) is 7.86. The number of fused-ring (bicyclic) bond motifs is 1. The standard InChI is InChI=1S/C22H24F3N3O3S/c23-18-7-8-19(22(25)21(18)24)26-20(29)14-27-9-11-28(12-10-27)32(30,31)17-6-5-15-3-1-2-4-16(15)13-17/h5-8,13H,1-4,9-12,14H2,(H,26,29). The van der Waals surface area contributed by atoms with E-state index in [1.807, 2.05) is 6.07 Å². The Morgan fingerprint density at radius 1 is 0.906 bits per heavy atom.